The van der Waals surface area contributed by atoms with Gasteiger partial charge in [0.1, 0.15) is 5.52 Å². The fourth-order valence-electron chi connectivity index (χ4n) is 2.34. The smallest absolute Gasteiger partial charge is 0.332 e. The van der Waals surface area contributed by atoms with Crippen molar-refractivity contribution in [2.45, 2.75) is 59.0 Å². The lowest BCUT2D eigenvalue weighted by Gasteiger charge is -2.10. The van der Waals surface area contributed by atoms with Crippen LogP contribution in [0.1, 0.15) is 46.0 Å². The summed E-state index contributed by atoms with van der Waals surface area (Å²) in [6.07, 6.45) is 6.29. The maximum Gasteiger partial charge on any atom is 0.332 e. The van der Waals surface area contributed by atoms with Crippen LogP contribution in [0.4, 0.5) is 0 Å². The average Bonchev–Trinajstić information content (AvgIpc) is 2.92. The first kappa shape index (κ1) is 14.6. The molecule has 110 valence electrons. The summed E-state index contributed by atoms with van der Waals surface area (Å²) < 4.78 is 2.95. The molecule has 0 saturated heterocycles. The van der Waals surface area contributed by atoms with Crippen LogP contribution in [0.5, 0.6) is 0 Å². The van der Waals surface area contributed by atoms with Gasteiger partial charge in [0.25, 0.3) is 5.56 Å². The van der Waals surface area contributed by atoms with Crippen LogP contribution in [-0.2, 0) is 13.1 Å². The Morgan fingerprint density at radius 3 is 2.45 bits per heavy atom. The van der Waals surface area contributed by atoms with Crippen LogP contribution in [0.25, 0.3) is 11.2 Å². The monoisotopic (exact) mass is 278 g/mol. The summed E-state index contributed by atoms with van der Waals surface area (Å²) in [4.78, 5) is 31.8. The topological polar surface area (TPSA) is 72.7 Å². The maximum atomic E-state index is 12.5. The van der Waals surface area contributed by atoms with E-state index in [4.69, 9.17) is 0 Å². The molecule has 0 aliphatic heterocycles. The van der Waals surface area contributed by atoms with E-state index in [-0.39, 0.29) is 11.2 Å². The van der Waals surface area contributed by atoms with E-state index >= 15 is 0 Å². The summed E-state index contributed by atoms with van der Waals surface area (Å²) in [5.74, 6) is 0. The molecule has 0 aromatic carbocycles. The van der Waals surface area contributed by atoms with Gasteiger partial charge in [-0.25, -0.2) is 9.78 Å². The molecule has 6 nitrogen and oxygen atoms in total. The molecule has 2 aromatic heterocycles. The number of nitrogens with one attached hydrogen (secondary N) is 1. The van der Waals surface area contributed by atoms with Gasteiger partial charge in [0.2, 0.25) is 0 Å². The molecule has 1 N–H and O–H groups in total. The molecular formula is C14H22N4O2. The summed E-state index contributed by atoms with van der Waals surface area (Å²) in [5.41, 5.74) is 0.405. The molecule has 0 spiro atoms. The second-order valence-corrected chi connectivity index (χ2v) is 5.05. The Kier molecular flexibility index (Phi) is 4.76. The lowest BCUT2D eigenvalue weighted by atomic mass is 10.2. The highest BCUT2D eigenvalue weighted by atomic mass is 16.2. The highest BCUT2D eigenvalue weighted by Gasteiger charge is 2.14. The highest BCUT2D eigenvalue weighted by Crippen LogP contribution is 2.04. The van der Waals surface area contributed by atoms with Crippen molar-refractivity contribution in [1.82, 2.24) is 19.1 Å². The fourth-order valence-corrected chi connectivity index (χ4v) is 2.34. The van der Waals surface area contributed by atoms with E-state index in [1.54, 1.807) is 4.57 Å². The van der Waals surface area contributed by atoms with Gasteiger partial charge in [-0.15, -0.1) is 0 Å². The zero-order valence-corrected chi connectivity index (χ0v) is 12.2. The standard InChI is InChI=1S/C14H22N4O2/c1-3-5-7-9-18-13(19)11-12(16-10-15-11)17(14(18)20)8-6-4-2/h10H,3-9H2,1-2H3,(H,15,16). The molecule has 2 aromatic rings. The second-order valence-electron chi connectivity index (χ2n) is 5.05. The average molecular weight is 278 g/mol. The van der Waals surface area contributed by atoms with Gasteiger partial charge < -0.3 is 4.98 Å². The largest absolute Gasteiger partial charge is 0.339 e. The molecule has 0 atom stereocenters. The Morgan fingerprint density at radius 2 is 1.75 bits per heavy atom. The first-order valence-corrected chi connectivity index (χ1v) is 7.37. The quantitative estimate of drug-likeness (QED) is 0.786. The lowest BCUT2D eigenvalue weighted by molar-refractivity contribution is 0.521. The van der Waals surface area contributed by atoms with Gasteiger partial charge in [-0.2, -0.15) is 0 Å². The van der Waals surface area contributed by atoms with Gasteiger partial charge in [-0.1, -0.05) is 33.1 Å². The minimum Gasteiger partial charge on any atom is -0.339 e. The molecule has 0 aliphatic carbocycles. The van der Waals surface area contributed by atoms with Crippen LogP contribution < -0.4 is 11.2 Å². The van der Waals surface area contributed by atoms with E-state index in [0.29, 0.717) is 24.3 Å². The van der Waals surface area contributed by atoms with Gasteiger partial charge >= 0.3 is 5.69 Å². The third-order valence-electron chi connectivity index (χ3n) is 3.52. The predicted molar refractivity (Wildman–Crippen MR) is 79.0 cm³/mol. The van der Waals surface area contributed by atoms with Gasteiger partial charge in [-0.05, 0) is 12.8 Å². The normalized spacial score (nSPS) is 11.3. The summed E-state index contributed by atoms with van der Waals surface area (Å²) >= 11 is 0. The summed E-state index contributed by atoms with van der Waals surface area (Å²) in [5, 5.41) is 0. The van der Waals surface area contributed by atoms with Crippen molar-refractivity contribution in [2.75, 3.05) is 0 Å². The predicted octanol–water partition coefficient (Wildman–Crippen LogP) is 1.88. The van der Waals surface area contributed by atoms with E-state index in [0.717, 1.165) is 32.1 Å². The zero-order valence-electron chi connectivity index (χ0n) is 12.2. The number of fused-ring (bicyclic) bond motifs is 1. The third kappa shape index (κ3) is 2.69. The van der Waals surface area contributed by atoms with Gasteiger partial charge in [0, 0.05) is 13.1 Å². The van der Waals surface area contributed by atoms with Crippen molar-refractivity contribution in [3.05, 3.63) is 27.2 Å². The third-order valence-corrected chi connectivity index (χ3v) is 3.52. The number of rotatable bonds is 7. The molecule has 0 unspecified atom stereocenters. The Morgan fingerprint density at radius 1 is 1.05 bits per heavy atom. The number of unbranched alkanes of at least 4 members (excludes halogenated alkanes) is 3. The minimum atomic E-state index is -0.258. The number of hydrogen-bond acceptors (Lipinski definition) is 3. The van der Waals surface area contributed by atoms with Crippen LogP contribution in [0.15, 0.2) is 15.9 Å². The van der Waals surface area contributed by atoms with E-state index in [2.05, 4.69) is 23.8 Å². The number of aromatic nitrogens is 4. The Hall–Kier alpha value is -1.85. The Balaban J connectivity index is 2.50. The van der Waals surface area contributed by atoms with Crippen LogP contribution in [0.3, 0.4) is 0 Å². The number of hydrogen-bond donors (Lipinski definition) is 1. The van der Waals surface area contributed by atoms with Crippen LogP contribution in [-0.4, -0.2) is 19.1 Å². The Labute approximate surface area is 117 Å². The molecule has 20 heavy (non-hydrogen) atoms. The molecule has 6 heteroatoms. The van der Waals surface area contributed by atoms with Crippen LogP contribution in [0, 0.1) is 0 Å². The number of nitrogens with zero attached hydrogens (tertiary/aromatic N) is 3. The first-order valence-electron chi connectivity index (χ1n) is 7.37. The van der Waals surface area contributed by atoms with Crippen molar-refractivity contribution < 1.29 is 0 Å². The summed E-state index contributed by atoms with van der Waals surface area (Å²) in [6, 6.07) is 0. The Bertz CT molecular complexity index is 681. The van der Waals surface area contributed by atoms with Crippen molar-refractivity contribution in [3.8, 4) is 0 Å². The van der Waals surface area contributed by atoms with E-state index in [9.17, 15) is 9.59 Å². The van der Waals surface area contributed by atoms with Crippen molar-refractivity contribution in [2.24, 2.45) is 0 Å². The van der Waals surface area contributed by atoms with Gasteiger partial charge in [0.15, 0.2) is 5.65 Å². The number of H-pyrrole nitrogens is 1. The second kappa shape index (κ2) is 6.54. The molecule has 0 amide bonds. The van der Waals surface area contributed by atoms with Crippen molar-refractivity contribution >= 4 is 11.2 Å². The van der Waals surface area contributed by atoms with Crippen molar-refractivity contribution in [3.63, 3.8) is 0 Å². The molecular weight excluding hydrogens is 256 g/mol. The van der Waals surface area contributed by atoms with E-state index in [1.807, 2.05) is 0 Å². The van der Waals surface area contributed by atoms with E-state index < -0.39 is 0 Å². The summed E-state index contributed by atoms with van der Waals surface area (Å²) in [7, 11) is 0. The minimum absolute atomic E-state index is 0.237. The molecule has 0 radical (unpaired) electrons. The lowest BCUT2D eigenvalue weighted by Crippen LogP contribution is -2.40. The highest BCUT2D eigenvalue weighted by molar-refractivity contribution is 5.68. The fraction of sp³-hybridized carbons (Fsp3) is 0.643. The summed E-state index contributed by atoms with van der Waals surface area (Å²) in [6.45, 7) is 5.25. The molecule has 2 heterocycles. The number of aromatic amines is 1. The molecule has 2 rings (SSSR count). The van der Waals surface area contributed by atoms with Crippen LogP contribution in [0.2, 0.25) is 0 Å². The molecule has 0 aliphatic rings. The zero-order chi connectivity index (χ0) is 14.5. The van der Waals surface area contributed by atoms with Gasteiger partial charge in [-0.3, -0.25) is 13.9 Å². The molecule has 0 fully saturated rings. The van der Waals surface area contributed by atoms with Crippen LogP contribution >= 0.6 is 0 Å². The van der Waals surface area contributed by atoms with E-state index in [1.165, 1.54) is 10.9 Å². The number of imidazole rings is 1. The van der Waals surface area contributed by atoms with Crippen molar-refractivity contribution in [1.29, 1.82) is 0 Å². The SMILES string of the molecule is CCCCCn1c(=O)c2[nH]cnc2n(CCCC)c1=O. The number of aryl methyl sites for hydroxylation is 1. The molecule has 0 saturated carbocycles. The van der Waals surface area contributed by atoms with Gasteiger partial charge in [0.05, 0.1) is 6.33 Å². The first-order chi connectivity index (χ1) is 9.70. The maximum absolute atomic E-state index is 12.5. The molecule has 0 bridgehead atoms.